The Morgan fingerprint density at radius 2 is 2.20 bits per heavy atom. The number of furan rings is 1. The van der Waals surface area contributed by atoms with Crippen LogP contribution in [0.5, 0.6) is 0 Å². The lowest BCUT2D eigenvalue weighted by Crippen LogP contribution is -2.48. The summed E-state index contributed by atoms with van der Waals surface area (Å²) in [5, 5.41) is 3.51. The van der Waals surface area contributed by atoms with E-state index in [1.54, 1.807) is 0 Å². The van der Waals surface area contributed by atoms with Gasteiger partial charge in [-0.3, -0.25) is 4.79 Å². The van der Waals surface area contributed by atoms with Crippen molar-refractivity contribution in [1.29, 1.82) is 0 Å². The summed E-state index contributed by atoms with van der Waals surface area (Å²) in [6.07, 6.45) is 3.65. The minimum atomic E-state index is 0.0849. The summed E-state index contributed by atoms with van der Waals surface area (Å²) in [6, 6.07) is 2.46. The summed E-state index contributed by atoms with van der Waals surface area (Å²) in [5.41, 5.74) is 0.701. The largest absolute Gasteiger partial charge is 0.466 e. The predicted octanol–water partition coefficient (Wildman–Crippen LogP) is 2.89. The molecule has 20 heavy (non-hydrogen) atoms. The second kappa shape index (κ2) is 6.44. The lowest BCUT2D eigenvalue weighted by molar-refractivity contribution is 0.0675. The van der Waals surface area contributed by atoms with E-state index in [4.69, 9.17) is 4.42 Å². The minimum Gasteiger partial charge on any atom is -0.466 e. The van der Waals surface area contributed by atoms with Crippen molar-refractivity contribution in [2.45, 2.75) is 59.0 Å². The van der Waals surface area contributed by atoms with E-state index in [0.717, 1.165) is 31.0 Å². The molecule has 4 heteroatoms. The average molecular weight is 278 g/mol. The van der Waals surface area contributed by atoms with Crippen molar-refractivity contribution in [2.24, 2.45) is 0 Å². The monoisotopic (exact) mass is 278 g/mol. The van der Waals surface area contributed by atoms with Crippen LogP contribution in [0.3, 0.4) is 0 Å². The Bertz CT molecular complexity index is 459. The van der Waals surface area contributed by atoms with Crippen LogP contribution in [-0.4, -0.2) is 36.0 Å². The van der Waals surface area contributed by atoms with Crippen LogP contribution in [0.2, 0.25) is 0 Å². The van der Waals surface area contributed by atoms with Crippen LogP contribution in [-0.2, 0) is 0 Å². The van der Waals surface area contributed by atoms with Gasteiger partial charge in [0.2, 0.25) is 0 Å². The number of hydrogen-bond donors (Lipinski definition) is 1. The second-order valence-corrected chi connectivity index (χ2v) is 6.03. The van der Waals surface area contributed by atoms with Gasteiger partial charge in [-0.2, -0.15) is 0 Å². The van der Waals surface area contributed by atoms with E-state index in [9.17, 15) is 4.79 Å². The van der Waals surface area contributed by atoms with Crippen molar-refractivity contribution in [3.63, 3.8) is 0 Å². The van der Waals surface area contributed by atoms with Gasteiger partial charge in [0.05, 0.1) is 5.56 Å². The zero-order chi connectivity index (χ0) is 14.7. The van der Waals surface area contributed by atoms with Crippen LogP contribution in [0.25, 0.3) is 0 Å². The topological polar surface area (TPSA) is 45.5 Å². The maximum absolute atomic E-state index is 12.7. The molecule has 112 valence electrons. The molecule has 0 aromatic carbocycles. The van der Waals surface area contributed by atoms with Gasteiger partial charge < -0.3 is 14.6 Å². The van der Waals surface area contributed by atoms with Gasteiger partial charge in [0.15, 0.2) is 0 Å². The van der Waals surface area contributed by atoms with Crippen LogP contribution in [0.4, 0.5) is 0 Å². The average Bonchev–Trinajstić information content (AvgIpc) is 2.75. The summed E-state index contributed by atoms with van der Waals surface area (Å²) < 4.78 is 5.49. The van der Waals surface area contributed by atoms with Crippen LogP contribution >= 0.6 is 0 Å². The summed E-state index contributed by atoms with van der Waals surface area (Å²) in [5.74, 6) is 1.60. The lowest BCUT2D eigenvalue weighted by Gasteiger charge is -2.33. The zero-order valence-corrected chi connectivity index (χ0v) is 13.0. The highest BCUT2D eigenvalue weighted by Gasteiger charge is 2.26. The molecule has 0 saturated carbocycles. The van der Waals surface area contributed by atoms with Gasteiger partial charge in [-0.25, -0.2) is 0 Å². The van der Waals surface area contributed by atoms with Gasteiger partial charge in [-0.05, 0) is 53.1 Å². The van der Waals surface area contributed by atoms with Crippen molar-refractivity contribution in [1.82, 2.24) is 10.2 Å². The van der Waals surface area contributed by atoms with Crippen LogP contribution in [0, 0.1) is 13.8 Å². The van der Waals surface area contributed by atoms with E-state index in [-0.39, 0.29) is 11.9 Å². The van der Waals surface area contributed by atoms with Gasteiger partial charge in [0.1, 0.15) is 11.5 Å². The molecule has 1 fully saturated rings. The quantitative estimate of drug-likeness (QED) is 0.921. The maximum atomic E-state index is 12.7. The van der Waals surface area contributed by atoms with Crippen LogP contribution < -0.4 is 5.32 Å². The highest BCUT2D eigenvalue weighted by Crippen LogP contribution is 2.19. The van der Waals surface area contributed by atoms with Crippen molar-refractivity contribution in [3.8, 4) is 0 Å². The van der Waals surface area contributed by atoms with Gasteiger partial charge in [-0.15, -0.1) is 0 Å². The predicted molar refractivity (Wildman–Crippen MR) is 80.0 cm³/mol. The Hall–Kier alpha value is -1.29. The smallest absolute Gasteiger partial charge is 0.257 e. The summed E-state index contributed by atoms with van der Waals surface area (Å²) in [4.78, 5) is 14.7. The van der Waals surface area contributed by atoms with Gasteiger partial charge in [0.25, 0.3) is 5.91 Å². The SMILES string of the molecule is Cc1cc(C(=O)N(CC2CCCCN2)C(C)C)c(C)o1. The van der Waals surface area contributed by atoms with Gasteiger partial charge in [0, 0.05) is 18.6 Å². The number of piperidine rings is 1. The highest BCUT2D eigenvalue weighted by atomic mass is 16.3. The molecular formula is C16H26N2O2. The summed E-state index contributed by atoms with van der Waals surface area (Å²) >= 11 is 0. The summed E-state index contributed by atoms with van der Waals surface area (Å²) in [7, 11) is 0. The van der Waals surface area contributed by atoms with Gasteiger partial charge in [-0.1, -0.05) is 6.42 Å². The number of nitrogens with zero attached hydrogens (tertiary/aromatic N) is 1. The summed E-state index contributed by atoms with van der Waals surface area (Å²) in [6.45, 7) is 9.73. The molecule has 1 atom stereocenters. The molecule has 1 aliphatic heterocycles. The molecule has 4 nitrogen and oxygen atoms in total. The van der Waals surface area contributed by atoms with E-state index >= 15 is 0 Å². The molecule has 2 heterocycles. The van der Waals surface area contributed by atoms with E-state index in [1.807, 2.05) is 24.8 Å². The van der Waals surface area contributed by atoms with Crippen LogP contribution in [0.15, 0.2) is 10.5 Å². The third-order valence-electron chi connectivity index (χ3n) is 3.99. The van der Waals surface area contributed by atoms with Crippen molar-refractivity contribution >= 4 is 5.91 Å². The first-order valence-corrected chi connectivity index (χ1v) is 7.60. The zero-order valence-electron chi connectivity index (χ0n) is 13.0. The molecule has 0 bridgehead atoms. The normalized spacial score (nSPS) is 19.4. The highest BCUT2D eigenvalue weighted by molar-refractivity contribution is 5.95. The molecule has 1 aromatic heterocycles. The first-order chi connectivity index (χ1) is 9.49. The molecule has 1 aliphatic rings. The molecule has 1 N–H and O–H groups in total. The Morgan fingerprint density at radius 3 is 2.70 bits per heavy atom. The maximum Gasteiger partial charge on any atom is 0.257 e. The number of aryl methyl sites for hydroxylation is 2. The molecule has 1 aromatic rings. The number of rotatable bonds is 4. The third-order valence-corrected chi connectivity index (χ3v) is 3.99. The Morgan fingerprint density at radius 1 is 1.45 bits per heavy atom. The Kier molecular flexibility index (Phi) is 4.86. The molecule has 0 radical (unpaired) electrons. The fraction of sp³-hybridized carbons (Fsp3) is 0.688. The molecular weight excluding hydrogens is 252 g/mol. The molecule has 0 spiro atoms. The third kappa shape index (κ3) is 3.42. The molecule has 1 unspecified atom stereocenters. The fourth-order valence-corrected chi connectivity index (χ4v) is 2.84. The van der Waals surface area contributed by atoms with Gasteiger partial charge >= 0.3 is 0 Å². The van der Waals surface area contributed by atoms with E-state index in [2.05, 4.69) is 19.2 Å². The number of hydrogen-bond acceptors (Lipinski definition) is 3. The number of nitrogens with one attached hydrogen (secondary N) is 1. The molecule has 1 amide bonds. The lowest BCUT2D eigenvalue weighted by atomic mass is 10.0. The van der Waals surface area contributed by atoms with E-state index in [0.29, 0.717) is 11.6 Å². The molecule has 2 rings (SSSR count). The first kappa shape index (κ1) is 15.1. The Labute approximate surface area is 121 Å². The van der Waals surface area contributed by atoms with Crippen molar-refractivity contribution in [2.75, 3.05) is 13.1 Å². The number of amides is 1. The standard InChI is InChI=1S/C16H26N2O2/c1-11(2)18(10-14-7-5-6-8-17-14)16(19)15-9-12(3)20-13(15)4/h9,11,14,17H,5-8,10H2,1-4H3. The van der Waals surface area contributed by atoms with Crippen LogP contribution in [0.1, 0.15) is 55.0 Å². The Balaban J connectivity index is 2.11. The van der Waals surface area contributed by atoms with E-state index in [1.165, 1.54) is 12.8 Å². The number of carbonyl (C=O) groups is 1. The second-order valence-electron chi connectivity index (χ2n) is 6.03. The fourth-order valence-electron chi connectivity index (χ4n) is 2.84. The number of carbonyl (C=O) groups excluding carboxylic acids is 1. The molecule has 1 saturated heterocycles. The molecule has 0 aliphatic carbocycles. The van der Waals surface area contributed by atoms with E-state index < -0.39 is 0 Å². The van der Waals surface area contributed by atoms with Crippen molar-refractivity contribution < 1.29 is 9.21 Å². The van der Waals surface area contributed by atoms with Crippen molar-refractivity contribution in [3.05, 3.63) is 23.2 Å². The minimum absolute atomic E-state index is 0.0849. The first-order valence-electron chi connectivity index (χ1n) is 7.60.